The summed E-state index contributed by atoms with van der Waals surface area (Å²) in [6, 6.07) is 5.28. The van der Waals surface area contributed by atoms with E-state index in [0.29, 0.717) is 5.41 Å². The van der Waals surface area contributed by atoms with Crippen molar-refractivity contribution in [3.8, 4) is 0 Å². The van der Waals surface area contributed by atoms with E-state index in [-0.39, 0.29) is 16.4 Å². The van der Waals surface area contributed by atoms with Crippen LogP contribution in [-0.4, -0.2) is 12.1 Å². The summed E-state index contributed by atoms with van der Waals surface area (Å²) in [6.45, 7) is 7.64. The first-order chi connectivity index (χ1) is 9.76. The fraction of sp³-hybridized carbons (Fsp3) is 0.667. The maximum Gasteiger partial charge on any atom is 0.142 e. The average Bonchev–Trinajstić information content (AvgIpc) is 2.99. The molecule has 1 nitrogen and oxygen atoms in total. The van der Waals surface area contributed by atoms with E-state index in [1.165, 1.54) is 19.3 Å². The molecule has 0 radical (unpaired) electrons. The van der Waals surface area contributed by atoms with Crippen LogP contribution in [0.25, 0.3) is 0 Å². The zero-order valence-electron chi connectivity index (χ0n) is 13.2. The standard InChI is InChI=1S/C18H25ClFN/c1-17(2,3)21-11-18(9-13-7-14(13)10-18)8-12-4-5-15(19)16(20)6-12/h4-6,13-14,21H,7-11H2,1-3H3. The van der Waals surface area contributed by atoms with E-state index in [0.717, 1.165) is 30.4 Å². The SMILES string of the molecule is CC(C)(C)NCC1(Cc2ccc(Cl)c(F)c2)CC2CC2C1. The molecule has 3 rings (SSSR count). The molecule has 0 aromatic heterocycles. The van der Waals surface area contributed by atoms with Crippen LogP contribution >= 0.6 is 11.6 Å². The lowest BCUT2D eigenvalue weighted by Crippen LogP contribution is -2.44. The first-order valence-corrected chi connectivity index (χ1v) is 8.33. The van der Waals surface area contributed by atoms with Crippen molar-refractivity contribution in [3.05, 3.63) is 34.6 Å². The fourth-order valence-electron chi connectivity index (χ4n) is 3.89. The van der Waals surface area contributed by atoms with Crippen LogP contribution < -0.4 is 5.32 Å². The van der Waals surface area contributed by atoms with Gasteiger partial charge in [-0.15, -0.1) is 0 Å². The van der Waals surface area contributed by atoms with Crippen molar-refractivity contribution < 1.29 is 4.39 Å². The van der Waals surface area contributed by atoms with Crippen molar-refractivity contribution >= 4 is 11.6 Å². The van der Waals surface area contributed by atoms with Crippen LogP contribution in [0.3, 0.4) is 0 Å². The minimum atomic E-state index is -0.295. The van der Waals surface area contributed by atoms with Gasteiger partial charge in [0.05, 0.1) is 5.02 Å². The predicted molar refractivity (Wildman–Crippen MR) is 86.1 cm³/mol. The Morgan fingerprint density at radius 1 is 1.29 bits per heavy atom. The van der Waals surface area contributed by atoms with Crippen LogP contribution in [0.15, 0.2) is 18.2 Å². The second kappa shape index (κ2) is 5.24. The van der Waals surface area contributed by atoms with Gasteiger partial charge in [-0.3, -0.25) is 0 Å². The van der Waals surface area contributed by atoms with Gasteiger partial charge in [0.15, 0.2) is 0 Å². The molecule has 1 aromatic rings. The molecule has 0 amide bonds. The lowest BCUT2D eigenvalue weighted by molar-refractivity contribution is 0.222. The molecule has 0 saturated heterocycles. The number of nitrogens with one attached hydrogen (secondary N) is 1. The molecule has 2 atom stereocenters. The Kier molecular flexibility index (Phi) is 3.82. The van der Waals surface area contributed by atoms with Crippen molar-refractivity contribution in [1.29, 1.82) is 0 Å². The van der Waals surface area contributed by atoms with E-state index in [4.69, 9.17) is 11.6 Å². The highest BCUT2D eigenvalue weighted by atomic mass is 35.5. The van der Waals surface area contributed by atoms with Gasteiger partial charge in [-0.05, 0) is 81.4 Å². The fourth-order valence-corrected chi connectivity index (χ4v) is 4.01. The molecule has 0 spiro atoms. The summed E-state index contributed by atoms with van der Waals surface area (Å²) in [4.78, 5) is 0. The molecular formula is C18H25ClFN. The average molecular weight is 310 g/mol. The van der Waals surface area contributed by atoms with E-state index in [2.05, 4.69) is 26.1 Å². The maximum absolute atomic E-state index is 13.7. The van der Waals surface area contributed by atoms with Crippen molar-refractivity contribution in [1.82, 2.24) is 5.32 Å². The lowest BCUT2D eigenvalue weighted by atomic mass is 9.77. The number of rotatable bonds is 4. The molecule has 3 heteroatoms. The summed E-state index contributed by atoms with van der Waals surface area (Å²) in [5.74, 6) is 1.55. The third-order valence-electron chi connectivity index (χ3n) is 5.02. The molecule has 2 unspecified atom stereocenters. The Morgan fingerprint density at radius 3 is 2.52 bits per heavy atom. The van der Waals surface area contributed by atoms with Gasteiger partial charge in [0, 0.05) is 12.1 Å². The molecule has 0 bridgehead atoms. The zero-order valence-corrected chi connectivity index (χ0v) is 13.9. The zero-order chi connectivity index (χ0) is 15.3. The number of fused-ring (bicyclic) bond motifs is 1. The minimum absolute atomic E-state index is 0.130. The van der Waals surface area contributed by atoms with Crippen LogP contribution in [0.1, 0.15) is 45.6 Å². The Balaban J connectivity index is 1.74. The maximum atomic E-state index is 13.7. The van der Waals surface area contributed by atoms with E-state index in [1.54, 1.807) is 12.1 Å². The van der Waals surface area contributed by atoms with E-state index >= 15 is 0 Å². The van der Waals surface area contributed by atoms with E-state index in [9.17, 15) is 4.39 Å². The summed E-state index contributed by atoms with van der Waals surface area (Å²) >= 11 is 5.80. The van der Waals surface area contributed by atoms with Crippen molar-refractivity contribution in [2.24, 2.45) is 17.3 Å². The predicted octanol–water partition coefficient (Wildman–Crippen LogP) is 4.83. The first kappa shape index (κ1) is 15.3. The second-order valence-electron chi connectivity index (χ2n) is 8.19. The lowest BCUT2D eigenvalue weighted by Gasteiger charge is -2.35. The molecule has 1 aromatic carbocycles. The Labute approximate surface area is 132 Å². The summed E-state index contributed by atoms with van der Waals surface area (Å²) < 4.78 is 13.7. The number of halogens is 2. The van der Waals surface area contributed by atoms with Crippen LogP contribution in [0.4, 0.5) is 4.39 Å². The number of hydrogen-bond acceptors (Lipinski definition) is 1. The van der Waals surface area contributed by atoms with E-state index in [1.807, 2.05) is 6.07 Å². The van der Waals surface area contributed by atoms with Crippen LogP contribution in [0, 0.1) is 23.1 Å². The van der Waals surface area contributed by atoms with Crippen LogP contribution in [0.2, 0.25) is 5.02 Å². The molecule has 2 aliphatic rings. The number of benzene rings is 1. The van der Waals surface area contributed by atoms with Gasteiger partial charge in [0.1, 0.15) is 5.82 Å². The van der Waals surface area contributed by atoms with Gasteiger partial charge in [-0.1, -0.05) is 17.7 Å². The molecule has 116 valence electrons. The Hall–Kier alpha value is -0.600. The number of hydrogen-bond donors (Lipinski definition) is 1. The molecule has 0 aliphatic heterocycles. The second-order valence-corrected chi connectivity index (χ2v) is 8.60. The molecule has 21 heavy (non-hydrogen) atoms. The quantitative estimate of drug-likeness (QED) is 0.840. The van der Waals surface area contributed by atoms with Gasteiger partial charge >= 0.3 is 0 Å². The third kappa shape index (κ3) is 3.60. The van der Waals surface area contributed by atoms with Gasteiger partial charge in [-0.2, -0.15) is 0 Å². The molecule has 0 heterocycles. The minimum Gasteiger partial charge on any atom is -0.312 e. The molecule has 2 aliphatic carbocycles. The van der Waals surface area contributed by atoms with Crippen molar-refractivity contribution in [2.75, 3.05) is 6.54 Å². The summed E-state index contributed by atoms with van der Waals surface area (Å²) in [5.41, 5.74) is 1.50. The molecule has 1 N–H and O–H groups in total. The normalized spacial score (nSPS) is 31.3. The largest absolute Gasteiger partial charge is 0.312 e. The monoisotopic (exact) mass is 309 g/mol. The Bertz CT molecular complexity index is 525. The highest BCUT2D eigenvalue weighted by Crippen LogP contribution is 2.60. The van der Waals surface area contributed by atoms with Crippen LogP contribution in [0.5, 0.6) is 0 Å². The summed E-state index contributed by atoms with van der Waals surface area (Å²) in [7, 11) is 0. The highest BCUT2D eigenvalue weighted by Gasteiger charge is 2.53. The molecule has 2 saturated carbocycles. The smallest absolute Gasteiger partial charge is 0.142 e. The third-order valence-corrected chi connectivity index (χ3v) is 5.32. The van der Waals surface area contributed by atoms with Gasteiger partial charge in [0.2, 0.25) is 0 Å². The van der Waals surface area contributed by atoms with Crippen molar-refractivity contribution in [3.63, 3.8) is 0 Å². The molecule has 2 fully saturated rings. The van der Waals surface area contributed by atoms with Gasteiger partial charge in [-0.25, -0.2) is 4.39 Å². The Morgan fingerprint density at radius 2 is 1.95 bits per heavy atom. The summed E-state index contributed by atoms with van der Waals surface area (Å²) in [6.07, 6.45) is 4.93. The highest BCUT2D eigenvalue weighted by molar-refractivity contribution is 6.30. The van der Waals surface area contributed by atoms with Crippen molar-refractivity contribution in [2.45, 2.75) is 52.0 Å². The van der Waals surface area contributed by atoms with Gasteiger partial charge < -0.3 is 5.32 Å². The van der Waals surface area contributed by atoms with Crippen LogP contribution in [-0.2, 0) is 6.42 Å². The summed E-state index contributed by atoms with van der Waals surface area (Å²) in [5, 5.41) is 3.89. The molecular weight excluding hydrogens is 285 g/mol. The van der Waals surface area contributed by atoms with E-state index < -0.39 is 0 Å². The topological polar surface area (TPSA) is 12.0 Å². The first-order valence-electron chi connectivity index (χ1n) is 7.95. The van der Waals surface area contributed by atoms with Gasteiger partial charge in [0.25, 0.3) is 0 Å².